The van der Waals surface area contributed by atoms with Crippen molar-refractivity contribution in [1.29, 1.82) is 0 Å². The molecular formula is C15H23NOS. The number of thioether (sulfide) groups is 1. The van der Waals surface area contributed by atoms with Crippen LogP contribution in [0.25, 0.3) is 0 Å². The van der Waals surface area contributed by atoms with Crippen LogP contribution in [0.2, 0.25) is 0 Å². The summed E-state index contributed by atoms with van der Waals surface area (Å²) in [5.41, 5.74) is 1.54. The monoisotopic (exact) mass is 265 g/mol. The summed E-state index contributed by atoms with van der Waals surface area (Å²) in [7, 11) is 0. The molecular weight excluding hydrogens is 242 g/mol. The van der Waals surface area contributed by atoms with E-state index in [9.17, 15) is 4.79 Å². The summed E-state index contributed by atoms with van der Waals surface area (Å²) >= 11 is 1.73. The number of benzene rings is 1. The third-order valence-corrected chi connectivity index (χ3v) is 3.71. The molecule has 1 aromatic carbocycles. The van der Waals surface area contributed by atoms with Crippen LogP contribution in [0.15, 0.2) is 29.2 Å². The molecule has 3 heteroatoms. The van der Waals surface area contributed by atoms with Crippen LogP contribution >= 0.6 is 11.8 Å². The zero-order chi connectivity index (χ0) is 13.6. The van der Waals surface area contributed by atoms with Crippen molar-refractivity contribution in [2.75, 3.05) is 12.3 Å². The van der Waals surface area contributed by atoms with Crippen molar-refractivity contribution in [2.24, 2.45) is 0 Å². The number of carbonyl (C=O) groups excluding carboxylic acids is 1. The molecule has 0 spiro atoms. The van der Waals surface area contributed by atoms with Gasteiger partial charge < -0.3 is 5.32 Å². The smallest absolute Gasteiger partial charge is 0.220 e. The zero-order valence-electron chi connectivity index (χ0n) is 11.7. The van der Waals surface area contributed by atoms with Crippen LogP contribution in [0.1, 0.15) is 39.7 Å². The van der Waals surface area contributed by atoms with Crippen LogP contribution in [0.5, 0.6) is 0 Å². The minimum atomic E-state index is 0.135. The first-order chi connectivity index (χ1) is 8.43. The molecule has 1 aromatic rings. The Hall–Kier alpha value is -0.960. The molecule has 1 rings (SSSR count). The highest BCUT2D eigenvalue weighted by molar-refractivity contribution is 7.99. The zero-order valence-corrected chi connectivity index (χ0v) is 12.6. The van der Waals surface area contributed by atoms with Gasteiger partial charge in [0.2, 0.25) is 5.91 Å². The van der Waals surface area contributed by atoms with Gasteiger partial charge in [0.05, 0.1) is 0 Å². The van der Waals surface area contributed by atoms with Crippen molar-refractivity contribution in [3.8, 4) is 0 Å². The standard InChI is InChI=1S/C15H23NOS/c1-5-16-14(17)10-11-18-13-8-6-12(7-9-13)15(2,3)4/h6-9H,5,10-11H2,1-4H3,(H,16,17). The van der Waals surface area contributed by atoms with E-state index >= 15 is 0 Å². The van der Waals surface area contributed by atoms with Crippen LogP contribution < -0.4 is 5.32 Å². The predicted molar refractivity (Wildman–Crippen MR) is 79.2 cm³/mol. The van der Waals surface area contributed by atoms with E-state index in [-0.39, 0.29) is 11.3 Å². The van der Waals surface area contributed by atoms with Crippen molar-refractivity contribution < 1.29 is 4.79 Å². The molecule has 0 aliphatic rings. The second-order valence-corrected chi connectivity index (χ2v) is 6.49. The van der Waals surface area contributed by atoms with E-state index in [1.165, 1.54) is 10.5 Å². The number of nitrogens with one attached hydrogen (secondary N) is 1. The average Bonchev–Trinajstić information content (AvgIpc) is 2.29. The topological polar surface area (TPSA) is 29.1 Å². The molecule has 0 radical (unpaired) electrons. The molecule has 0 aliphatic heterocycles. The fourth-order valence-corrected chi connectivity index (χ4v) is 2.45. The molecule has 2 nitrogen and oxygen atoms in total. The van der Waals surface area contributed by atoms with Gasteiger partial charge in [0.1, 0.15) is 0 Å². The molecule has 0 heterocycles. The molecule has 0 bridgehead atoms. The highest BCUT2D eigenvalue weighted by atomic mass is 32.2. The SMILES string of the molecule is CCNC(=O)CCSc1ccc(C(C)(C)C)cc1. The van der Waals surface area contributed by atoms with Gasteiger partial charge >= 0.3 is 0 Å². The fraction of sp³-hybridized carbons (Fsp3) is 0.533. The number of carbonyl (C=O) groups is 1. The molecule has 0 saturated heterocycles. The summed E-state index contributed by atoms with van der Waals surface area (Å²) in [4.78, 5) is 12.5. The average molecular weight is 265 g/mol. The summed E-state index contributed by atoms with van der Waals surface area (Å²) in [5, 5.41) is 2.81. The Labute approximate surface area is 115 Å². The maximum atomic E-state index is 11.3. The molecule has 1 amide bonds. The first-order valence-corrected chi connectivity index (χ1v) is 7.42. The number of hydrogen-bond acceptors (Lipinski definition) is 2. The Balaban J connectivity index is 2.42. The van der Waals surface area contributed by atoms with Crippen LogP contribution in [-0.4, -0.2) is 18.2 Å². The van der Waals surface area contributed by atoms with E-state index in [0.717, 1.165) is 5.75 Å². The maximum absolute atomic E-state index is 11.3. The number of hydrogen-bond donors (Lipinski definition) is 1. The van der Waals surface area contributed by atoms with E-state index in [2.05, 4.69) is 50.4 Å². The molecule has 0 atom stereocenters. The van der Waals surface area contributed by atoms with Gasteiger partial charge in [-0.1, -0.05) is 32.9 Å². The lowest BCUT2D eigenvalue weighted by molar-refractivity contribution is -0.120. The van der Waals surface area contributed by atoms with Gasteiger partial charge in [-0.15, -0.1) is 11.8 Å². The van der Waals surface area contributed by atoms with Crippen LogP contribution in [0, 0.1) is 0 Å². The van der Waals surface area contributed by atoms with E-state index in [1.54, 1.807) is 11.8 Å². The lowest BCUT2D eigenvalue weighted by Crippen LogP contribution is -2.22. The molecule has 0 saturated carbocycles. The van der Waals surface area contributed by atoms with Gasteiger partial charge in [-0.05, 0) is 30.0 Å². The van der Waals surface area contributed by atoms with Crippen molar-refractivity contribution >= 4 is 17.7 Å². The third-order valence-electron chi connectivity index (χ3n) is 2.69. The van der Waals surface area contributed by atoms with E-state index in [1.807, 2.05) is 6.92 Å². The molecule has 0 aromatic heterocycles. The number of amides is 1. The Morgan fingerprint density at radius 2 is 1.83 bits per heavy atom. The van der Waals surface area contributed by atoms with Crippen molar-refractivity contribution in [3.05, 3.63) is 29.8 Å². The highest BCUT2D eigenvalue weighted by Crippen LogP contribution is 2.25. The van der Waals surface area contributed by atoms with E-state index < -0.39 is 0 Å². The summed E-state index contributed by atoms with van der Waals surface area (Å²) in [5.74, 6) is 0.969. The molecule has 0 fully saturated rings. The van der Waals surface area contributed by atoms with Crippen LogP contribution in [-0.2, 0) is 10.2 Å². The largest absolute Gasteiger partial charge is 0.356 e. The van der Waals surface area contributed by atoms with Crippen LogP contribution in [0.3, 0.4) is 0 Å². The first kappa shape index (κ1) is 15.1. The second-order valence-electron chi connectivity index (χ2n) is 5.33. The Kier molecular flexibility index (Phi) is 5.73. The summed E-state index contributed by atoms with van der Waals surface area (Å²) in [6, 6.07) is 8.63. The van der Waals surface area contributed by atoms with E-state index in [0.29, 0.717) is 13.0 Å². The maximum Gasteiger partial charge on any atom is 0.220 e. The molecule has 100 valence electrons. The Bertz CT molecular complexity index is 378. The lowest BCUT2D eigenvalue weighted by Gasteiger charge is -2.19. The summed E-state index contributed by atoms with van der Waals surface area (Å²) in [6.45, 7) is 9.29. The Morgan fingerprint density at radius 3 is 2.33 bits per heavy atom. The molecule has 0 unspecified atom stereocenters. The van der Waals surface area contributed by atoms with Crippen molar-refractivity contribution in [3.63, 3.8) is 0 Å². The van der Waals surface area contributed by atoms with Gasteiger partial charge in [0.25, 0.3) is 0 Å². The molecule has 1 N–H and O–H groups in total. The van der Waals surface area contributed by atoms with Gasteiger partial charge in [-0.2, -0.15) is 0 Å². The second kappa shape index (κ2) is 6.83. The number of rotatable bonds is 5. The van der Waals surface area contributed by atoms with Gasteiger partial charge in [0, 0.05) is 23.6 Å². The fourth-order valence-electron chi connectivity index (χ4n) is 1.60. The summed E-state index contributed by atoms with van der Waals surface area (Å²) < 4.78 is 0. The lowest BCUT2D eigenvalue weighted by atomic mass is 9.87. The molecule has 0 aliphatic carbocycles. The minimum Gasteiger partial charge on any atom is -0.356 e. The third kappa shape index (κ3) is 5.13. The quantitative estimate of drug-likeness (QED) is 0.824. The normalized spacial score (nSPS) is 11.3. The minimum absolute atomic E-state index is 0.135. The van der Waals surface area contributed by atoms with Crippen molar-refractivity contribution in [2.45, 2.75) is 44.4 Å². The van der Waals surface area contributed by atoms with Crippen molar-refractivity contribution in [1.82, 2.24) is 5.32 Å². The summed E-state index contributed by atoms with van der Waals surface area (Å²) in [6.07, 6.45) is 0.583. The van der Waals surface area contributed by atoms with E-state index in [4.69, 9.17) is 0 Å². The predicted octanol–water partition coefficient (Wildman–Crippen LogP) is 3.60. The highest BCUT2D eigenvalue weighted by Gasteiger charge is 2.12. The first-order valence-electron chi connectivity index (χ1n) is 6.43. The van der Waals surface area contributed by atoms with Gasteiger partial charge in [-0.3, -0.25) is 4.79 Å². The van der Waals surface area contributed by atoms with Crippen LogP contribution in [0.4, 0.5) is 0 Å². The molecule has 18 heavy (non-hydrogen) atoms. The van der Waals surface area contributed by atoms with Gasteiger partial charge in [-0.25, -0.2) is 0 Å². The van der Waals surface area contributed by atoms with Gasteiger partial charge in [0.15, 0.2) is 0 Å². The Morgan fingerprint density at radius 1 is 1.22 bits per heavy atom.